The summed E-state index contributed by atoms with van der Waals surface area (Å²) >= 11 is 0. The Hall–Kier alpha value is -0.860. The second-order valence-corrected chi connectivity index (χ2v) is 6.64. The van der Waals surface area contributed by atoms with Gasteiger partial charge in [-0.25, -0.2) is 0 Å². The third kappa shape index (κ3) is 3.07. The van der Waals surface area contributed by atoms with Crippen molar-refractivity contribution in [2.45, 2.75) is 57.0 Å². The van der Waals surface area contributed by atoms with Crippen LogP contribution in [-0.4, -0.2) is 30.6 Å². The lowest BCUT2D eigenvalue weighted by Crippen LogP contribution is -2.47. The second kappa shape index (κ2) is 6.28. The molecule has 3 rings (SSSR count). The van der Waals surface area contributed by atoms with E-state index in [9.17, 15) is 0 Å². The van der Waals surface area contributed by atoms with Crippen LogP contribution in [0.4, 0.5) is 0 Å². The van der Waals surface area contributed by atoms with E-state index < -0.39 is 0 Å². The molecule has 1 heterocycles. The predicted molar refractivity (Wildman–Crippen MR) is 84.9 cm³/mol. The normalized spacial score (nSPS) is 22.4. The van der Waals surface area contributed by atoms with E-state index in [1.165, 1.54) is 58.0 Å². The molecular weight excluding hydrogens is 244 g/mol. The molecule has 1 N–H and O–H groups in total. The van der Waals surface area contributed by atoms with Crippen LogP contribution in [0.15, 0.2) is 24.3 Å². The first-order valence-electron chi connectivity index (χ1n) is 8.29. The van der Waals surface area contributed by atoms with Crippen LogP contribution in [0.2, 0.25) is 0 Å². The average Bonchev–Trinajstić information content (AvgIpc) is 2.54. The molecule has 0 spiro atoms. The highest BCUT2D eigenvalue weighted by molar-refractivity contribution is 5.29. The van der Waals surface area contributed by atoms with E-state index in [4.69, 9.17) is 0 Å². The first kappa shape index (κ1) is 14.1. The van der Waals surface area contributed by atoms with Crippen molar-refractivity contribution in [1.82, 2.24) is 10.2 Å². The monoisotopic (exact) mass is 272 g/mol. The highest BCUT2D eigenvalue weighted by atomic mass is 15.1. The Morgan fingerprint density at radius 3 is 2.60 bits per heavy atom. The van der Waals surface area contributed by atoms with Gasteiger partial charge >= 0.3 is 0 Å². The molecule has 0 radical (unpaired) electrons. The fourth-order valence-corrected chi connectivity index (χ4v) is 3.97. The molecule has 0 saturated heterocycles. The molecule has 110 valence electrons. The van der Waals surface area contributed by atoms with Crippen LogP contribution in [0, 0.1) is 0 Å². The lowest BCUT2D eigenvalue weighted by molar-refractivity contribution is 0.174. The summed E-state index contributed by atoms with van der Waals surface area (Å²) < 4.78 is 0. The molecule has 1 fully saturated rings. The van der Waals surface area contributed by atoms with Crippen molar-refractivity contribution < 1.29 is 0 Å². The first-order valence-corrected chi connectivity index (χ1v) is 8.29. The van der Waals surface area contributed by atoms with Crippen molar-refractivity contribution >= 4 is 0 Å². The third-order valence-corrected chi connectivity index (χ3v) is 5.46. The molecule has 0 atom stereocenters. The molecular formula is C18H28N2. The van der Waals surface area contributed by atoms with Gasteiger partial charge in [-0.15, -0.1) is 0 Å². The smallest absolute Gasteiger partial charge is 0.0236 e. The number of hydrogen-bond acceptors (Lipinski definition) is 2. The maximum Gasteiger partial charge on any atom is 0.0236 e. The lowest BCUT2D eigenvalue weighted by atomic mass is 9.79. The van der Waals surface area contributed by atoms with Crippen LogP contribution in [0.25, 0.3) is 0 Å². The van der Waals surface area contributed by atoms with Crippen LogP contribution in [-0.2, 0) is 13.0 Å². The average molecular weight is 272 g/mol. The number of nitrogens with zero attached hydrogens (tertiary/aromatic N) is 1. The zero-order valence-corrected chi connectivity index (χ0v) is 12.8. The minimum absolute atomic E-state index is 0.426. The number of nitrogens with one attached hydrogen (secondary N) is 1. The van der Waals surface area contributed by atoms with Crippen molar-refractivity contribution in [1.29, 1.82) is 0 Å². The molecule has 0 aromatic heterocycles. The molecule has 1 aromatic carbocycles. The first-order chi connectivity index (χ1) is 9.81. The van der Waals surface area contributed by atoms with E-state index in [2.05, 4.69) is 41.5 Å². The van der Waals surface area contributed by atoms with Crippen molar-refractivity contribution in [3.63, 3.8) is 0 Å². The quantitative estimate of drug-likeness (QED) is 0.904. The van der Waals surface area contributed by atoms with Crippen LogP contribution >= 0.6 is 0 Å². The maximum atomic E-state index is 3.65. The summed E-state index contributed by atoms with van der Waals surface area (Å²) in [5, 5.41) is 3.65. The standard InChI is InChI=1S/C18H28N2/c1-19-18(10-5-2-6-11-18)12-14-20-13-9-16-7-3-4-8-17(16)15-20/h3-4,7-8,19H,2,5-6,9-15H2,1H3. The fraction of sp³-hybridized carbons (Fsp3) is 0.667. The summed E-state index contributed by atoms with van der Waals surface area (Å²) in [6.07, 6.45) is 9.52. The van der Waals surface area contributed by atoms with Crippen LogP contribution in [0.5, 0.6) is 0 Å². The molecule has 1 aromatic rings. The van der Waals surface area contributed by atoms with E-state index in [1.807, 2.05) is 0 Å². The van der Waals surface area contributed by atoms with Crippen LogP contribution < -0.4 is 5.32 Å². The van der Waals surface area contributed by atoms with Gasteiger partial charge in [-0.05, 0) is 43.9 Å². The molecule has 0 bridgehead atoms. The van der Waals surface area contributed by atoms with Gasteiger partial charge in [-0.1, -0.05) is 43.5 Å². The minimum Gasteiger partial charge on any atom is -0.314 e. The Kier molecular flexibility index (Phi) is 4.42. The number of hydrogen-bond donors (Lipinski definition) is 1. The van der Waals surface area contributed by atoms with Gasteiger partial charge in [0.2, 0.25) is 0 Å². The number of rotatable bonds is 4. The topological polar surface area (TPSA) is 15.3 Å². The lowest BCUT2D eigenvalue weighted by Gasteiger charge is -2.39. The van der Waals surface area contributed by atoms with Gasteiger partial charge in [-0.2, -0.15) is 0 Å². The minimum atomic E-state index is 0.426. The number of fused-ring (bicyclic) bond motifs is 1. The molecule has 0 amide bonds. The molecule has 0 unspecified atom stereocenters. The highest BCUT2D eigenvalue weighted by Gasteiger charge is 2.30. The second-order valence-electron chi connectivity index (χ2n) is 6.64. The number of benzene rings is 1. The van der Waals surface area contributed by atoms with E-state index in [-0.39, 0.29) is 0 Å². The fourth-order valence-electron chi connectivity index (χ4n) is 3.97. The van der Waals surface area contributed by atoms with Crippen LogP contribution in [0.3, 0.4) is 0 Å². The van der Waals surface area contributed by atoms with E-state index >= 15 is 0 Å². The largest absolute Gasteiger partial charge is 0.314 e. The Bertz CT molecular complexity index is 435. The summed E-state index contributed by atoms with van der Waals surface area (Å²) in [6, 6.07) is 8.95. The molecule has 1 saturated carbocycles. The highest BCUT2D eigenvalue weighted by Crippen LogP contribution is 2.31. The van der Waals surface area contributed by atoms with Crippen molar-refractivity contribution in [3.8, 4) is 0 Å². The van der Waals surface area contributed by atoms with Gasteiger partial charge in [0.15, 0.2) is 0 Å². The van der Waals surface area contributed by atoms with E-state index in [0.717, 1.165) is 6.54 Å². The molecule has 2 nitrogen and oxygen atoms in total. The molecule has 2 aliphatic rings. The van der Waals surface area contributed by atoms with E-state index in [0.29, 0.717) is 5.54 Å². The third-order valence-electron chi connectivity index (χ3n) is 5.46. The van der Waals surface area contributed by atoms with E-state index in [1.54, 1.807) is 11.1 Å². The van der Waals surface area contributed by atoms with Gasteiger partial charge in [0.25, 0.3) is 0 Å². The Morgan fingerprint density at radius 2 is 1.85 bits per heavy atom. The van der Waals surface area contributed by atoms with Gasteiger partial charge in [-0.3, -0.25) is 4.90 Å². The Balaban J connectivity index is 1.57. The Labute approximate surface area is 123 Å². The van der Waals surface area contributed by atoms with Gasteiger partial charge in [0, 0.05) is 25.2 Å². The van der Waals surface area contributed by atoms with Crippen molar-refractivity contribution in [3.05, 3.63) is 35.4 Å². The maximum absolute atomic E-state index is 3.65. The predicted octanol–water partition coefficient (Wildman–Crippen LogP) is 3.36. The molecule has 20 heavy (non-hydrogen) atoms. The van der Waals surface area contributed by atoms with Crippen molar-refractivity contribution in [2.75, 3.05) is 20.1 Å². The summed E-state index contributed by atoms with van der Waals surface area (Å²) in [5.41, 5.74) is 3.53. The molecule has 1 aliphatic carbocycles. The zero-order chi connectivity index (χ0) is 13.8. The van der Waals surface area contributed by atoms with Gasteiger partial charge < -0.3 is 5.32 Å². The van der Waals surface area contributed by atoms with Crippen molar-refractivity contribution in [2.24, 2.45) is 0 Å². The summed E-state index contributed by atoms with van der Waals surface area (Å²) in [5.74, 6) is 0. The van der Waals surface area contributed by atoms with Crippen LogP contribution in [0.1, 0.15) is 49.7 Å². The molecule has 2 heteroatoms. The van der Waals surface area contributed by atoms with Gasteiger partial charge in [0.1, 0.15) is 0 Å². The molecule has 1 aliphatic heterocycles. The SMILES string of the molecule is CNC1(CCN2CCc3ccccc3C2)CCCCC1. The zero-order valence-electron chi connectivity index (χ0n) is 12.8. The summed E-state index contributed by atoms with van der Waals surface area (Å²) in [6.45, 7) is 3.63. The Morgan fingerprint density at radius 1 is 1.10 bits per heavy atom. The van der Waals surface area contributed by atoms with Gasteiger partial charge in [0.05, 0.1) is 0 Å². The summed E-state index contributed by atoms with van der Waals surface area (Å²) in [4.78, 5) is 2.65. The summed E-state index contributed by atoms with van der Waals surface area (Å²) in [7, 11) is 2.16.